The van der Waals surface area contributed by atoms with Gasteiger partial charge in [-0.15, -0.1) is 0 Å². The number of hydrogen-bond donors (Lipinski definition) is 2. The van der Waals surface area contributed by atoms with Crippen LogP contribution in [0.25, 0.3) is 10.9 Å². The topological polar surface area (TPSA) is 101 Å². The minimum absolute atomic E-state index is 0.338. The molecular formula is C22H30N4O3. The van der Waals surface area contributed by atoms with Crippen molar-refractivity contribution in [2.24, 2.45) is 5.73 Å². The van der Waals surface area contributed by atoms with E-state index in [0.29, 0.717) is 23.4 Å². The maximum Gasteiger partial charge on any atom is 0.172 e. The van der Waals surface area contributed by atoms with E-state index >= 15 is 0 Å². The highest BCUT2D eigenvalue weighted by Gasteiger charge is 2.03. The van der Waals surface area contributed by atoms with Crippen LogP contribution < -0.4 is 10.5 Å². The number of carbonyl (C=O) groups excluding carboxylic acids is 2. The van der Waals surface area contributed by atoms with Gasteiger partial charge in [0, 0.05) is 17.1 Å². The molecule has 0 radical (unpaired) electrons. The molecule has 29 heavy (non-hydrogen) atoms. The Morgan fingerprint density at radius 3 is 2.24 bits per heavy atom. The quantitative estimate of drug-likeness (QED) is 0.657. The predicted octanol–water partition coefficient (Wildman–Crippen LogP) is 3.17. The Morgan fingerprint density at radius 1 is 1.07 bits per heavy atom. The van der Waals surface area contributed by atoms with Crippen molar-refractivity contribution in [3.8, 4) is 5.75 Å². The first-order valence-corrected chi connectivity index (χ1v) is 9.41. The van der Waals surface area contributed by atoms with E-state index in [0.717, 1.165) is 17.2 Å². The maximum absolute atomic E-state index is 10.3. The molecule has 0 unspecified atom stereocenters. The van der Waals surface area contributed by atoms with E-state index in [1.165, 1.54) is 40.1 Å². The highest BCUT2D eigenvalue weighted by atomic mass is 16.5. The summed E-state index contributed by atoms with van der Waals surface area (Å²) < 4.78 is 4.84. The van der Waals surface area contributed by atoms with Gasteiger partial charge in [-0.05, 0) is 64.3 Å². The van der Waals surface area contributed by atoms with Crippen molar-refractivity contribution in [3.63, 3.8) is 0 Å². The molecule has 0 amide bonds. The average molecular weight is 399 g/mol. The van der Waals surface area contributed by atoms with Crippen LogP contribution in [0.4, 0.5) is 0 Å². The molecule has 0 aliphatic carbocycles. The standard InChI is InChI=1S/C9H7NO.C7H7NO2.C5H11N.CH5N/c11-6-8-5-7-3-1-2-4-9(7)10-8;1-10-7-3-2-4-8-6(7)5-9;1-6-4-2-3-5-6;1-2/h1-6,10H;2-5H,1H3;2-5H2,1H3;2H2,1H3. The SMILES string of the molecule is CN.CN1CCCC1.COc1cccnc1C=O.O=Cc1cc2ccccc2[nH]1. The Labute approximate surface area is 171 Å². The van der Waals surface area contributed by atoms with Gasteiger partial charge in [0.25, 0.3) is 0 Å². The van der Waals surface area contributed by atoms with Gasteiger partial charge in [0.15, 0.2) is 12.6 Å². The maximum atomic E-state index is 10.3. The predicted molar refractivity (Wildman–Crippen MR) is 117 cm³/mol. The molecule has 1 aliphatic rings. The minimum atomic E-state index is 0.338. The highest BCUT2D eigenvalue weighted by molar-refractivity contribution is 5.87. The molecule has 0 saturated carbocycles. The van der Waals surface area contributed by atoms with Gasteiger partial charge in [0.1, 0.15) is 11.4 Å². The zero-order valence-electron chi connectivity index (χ0n) is 17.3. The molecule has 0 bridgehead atoms. The summed E-state index contributed by atoms with van der Waals surface area (Å²) in [6, 6.07) is 13.0. The van der Waals surface area contributed by atoms with E-state index in [4.69, 9.17) is 4.74 Å². The van der Waals surface area contributed by atoms with E-state index in [1.54, 1.807) is 18.3 Å². The molecule has 1 aliphatic heterocycles. The van der Waals surface area contributed by atoms with Crippen molar-refractivity contribution in [1.29, 1.82) is 0 Å². The number of rotatable bonds is 3. The Bertz CT molecular complexity index is 825. The minimum Gasteiger partial charge on any atom is -0.494 e. The number of hydrogen-bond acceptors (Lipinski definition) is 6. The molecule has 156 valence electrons. The van der Waals surface area contributed by atoms with E-state index in [2.05, 4.69) is 27.6 Å². The van der Waals surface area contributed by atoms with Crippen LogP contribution in [0.2, 0.25) is 0 Å². The number of likely N-dealkylation sites (tertiary alicyclic amines) is 1. The second-order valence-electron chi connectivity index (χ2n) is 6.15. The third-order valence-corrected chi connectivity index (χ3v) is 4.14. The van der Waals surface area contributed by atoms with Gasteiger partial charge < -0.3 is 20.4 Å². The van der Waals surface area contributed by atoms with Crippen LogP contribution >= 0.6 is 0 Å². The summed E-state index contributed by atoms with van der Waals surface area (Å²) in [6.07, 6.45) is 5.86. The second-order valence-corrected chi connectivity index (χ2v) is 6.15. The van der Waals surface area contributed by atoms with Crippen molar-refractivity contribution in [2.75, 3.05) is 34.3 Å². The van der Waals surface area contributed by atoms with Gasteiger partial charge in [-0.1, -0.05) is 18.2 Å². The van der Waals surface area contributed by atoms with Gasteiger partial charge in [0.05, 0.1) is 12.8 Å². The van der Waals surface area contributed by atoms with Gasteiger partial charge in [0.2, 0.25) is 0 Å². The number of aromatic amines is 1. The van der Waals surface area contributed by atoms with Gasteiger partial charge in [-0.3, -0.25) is 9.59 Å². The summed E-state index contributed by atoms with van der Waals surface area (Å²) in [4.78, 5) is 29.7. The van der Waals surface area contributed by atoms with Gasteiger partial charge >= 0.3 is 0 Å². The molecule has 3 N–H and O–H groups in total. The molecule has 2 aromatic heterocycles. The first-order valence-electron chi connectivity index (χ1n) is 9.41. The lowest BCUT2D eigenvalue weighted by Crippen LogP contribution is -2.10. The summed E-state index contributed by atoms with van der Waals surface area (Å²) in [5.41, 5.74) is 6.48. The van der Waals surface area contributed by atoms with Crippen LogP contribution in [-0.4, -0.2) is 61.7 Å². The number of nitrogens with two attached hydrogens (primary N) is 1. The van der Waals surface area contributed by atoms with E-state index in [1.807, 2.05) is 30.3 Å². The van der Waals surface area contributed by atoms with Crippen molar-refractivity contribution >= 4 is 23.5 Å². The molecule has 1 saturated heterocycles. The van der Waals surface area contributed by atoms with Crippen molar-refractivity contribution in [3.05, 3.63) is 60.0 Å². The highest BCUT2D eigenvalue weighted by Crippen LogP contribution is 2.13. The van der Waals surface area contributed by atoms with Crippen molar-refractivity contribution < 1.29 is 14.3 Å². The van der Waals surface area contributed by atoms with Crippen LogP contribution in [0, 0.1) is 0 Å². The fourth-order valence-electron chi connectivity index (χ4n) is 2.70. The number of carbonyl (C=O) groups is 2. The Kier molecular flexibility index (Phi) is 11.6. The fraction of sp³-hybridized carbons (Fsp3) is 0.318. The summed E-state index contributed by atoms with van der Waals surface area (Å²) in [7, 11) is 5.18. The lowest BCUT2D eigenvalue weighted by atomic mass is 10.2. The summed E-state index contributed by atoms with van der Waals surface area (Å²) in [5.74, 6) is 0.512. The number of pyridine rings is 1. The first-order chi connectivity index (χ1) is 14.2. The Balaban J connectivity index is 0.000000216. The van der Waals surface area contributed by atoms with Gasteiger partial charge in [-0.2, -0.15) is 0 Å². The number of aromatic nitrogens is 2. The molecular weight excluding hydrogens is 368 g/mol. The molecule has 3 aromatic rings. The Hall–Kier alpha value is -3.03. The van der Waals surface area contributed by atoms with Crippen LogP contribution in [0.15, 0.2) is 48.7 Å². The number of H-pyrrole nitrogens is 1. The summed E-state index contributed by atoms with van der Waals surface area (Å²) in [5, 5.41) is 1.08. The van der Waals surface area contributed by atoms with Crippen LogP contribution in [0.3, 0.4) is 0 Å². The average Bonchev–Trinajstić information content (AvgIpc) is 3.44. The first kappa shape index (κ1) is 24.0. The second kappa shape index (κ2) is 14.0. The number of aldehydes is 2. The van der Waals surface area contributed by atoms with Gasteiger partial charge in [-0.25, -0.2) is 4.98 Å². The number of methoxy groups -OCH3 is 1. The van der Waals surface area contributed by atoms with E-state index in [-0.39, 0.29) is 0 Å². The number of nitrogens with zero attached hydrogens (tertiary/aromatic N) is 2. The normalized spacial score (nSPS) is 12.4. The molecule has 7 heteroatoms. The number of fused-ring (bicyclic) bond motifs is 1. The number of benzene rings is 1. The number of nitrogens with one attached hydrogen (secondary N) is 1. The van der Waals surface area contributed by atoms with Crippen LogP contribution in [0.1, 0.15) is 33.8 Å². The molecule has 1 aromatic carbocycles. The van der Waals surface area contributed by atoms with E-state index < -0.39 is 0 Å². The number of ether oxygens (including phenoxy) is 1. The summed E-state index contributed by atoms with van der Waals surface area (Å²) in [6.45, 7) is 2.64. The molecule has 4 rings (SSSR count). The lowest BCUT2D eigenvalue weighted by molar-refractivity contribution is 0.111. The summed E-state index contributed by atoms with van der Waals surface area (Å²) >= 11 is 0. The zero-order chi connectivity index (χ0) is 21.5. The smallest absolute Gasteiger partial charge is 0.172 e. The molecule has 7 nitrogen and oxygen atoms in total. The van der Waals surface area contributed by atoms with E-state index in [9.17, 15) is 9.59 Å². The monoisotopic (exact) mass is 398 g/mol. The molecule has 1 fully saturated rings. The Morgan fingerprint density at radius 2 is 1.76 bits per heavy atom. The largest absolute Gasteiger partial charge is 0.494 e. The van der Waals surface area contributed by atoms with Crippen LogP contribution in [-0.2, 0) is 0 Å². The molecule has 3 heterocycles. The number of para-hydroxylation sites is 1. The van der Waals surface area contributed by atoms with Crippen LogP contribution in [0.5, 0.6) is 5.75 Å². The molecule has 0 atom stereocenters. The third kappa shape index (κ3) is 8.25. The van der Waals surface area contributed by atoms with Crippen molar-refractivity contribution in [2.45, 2.75) is 12.8 Å². The molecule has 0 spiro atoms. The lowest BCUT2D eigenvalue weighted by Gasteiger charge is -2.01. The fourth-order valence-corrected chi connectivity index (χ4v) is 2.70. The third-order valence-electron chi connectivity index (χ3n) is 4.14. The van der Waals surface area contributed by atoms with Crippen molar-refractivity contribution in [1.82, 2.24) is 14.9 Å². The zero-order valence-corrected chi connectivity index (χ0v) is 17.3.